The third kappa shape index (κ3) is 18.8. The highest BCUT2D eigenvalue weighted by molar-refractivity contribution is 6.31. The Labute approximate surface area is 137 Å². The van der Waals surface area contributed by atoms with E-state index in [0.717, 1.165) is 11.2 Å². The topological polar surface area (TPSA) is 70.4 Å². The second kappa shape index (κ2) is 12.4. The summed E-state index contributed by atoms with van der Waals surface area (Å²) in [4.78, 5) is 13.4. The normalized spacial score (nSPS) is 9.95. The van der Waals surface area contributed by atoms with Crippen LogP contribution in [0.5, 0.6) is 0 Å². The summed E-state index contributed by atoms with van der Waals surface area (Å²) < 4.78 is 0. The van der Waals surface area contributed by atoms with Gasteiger partial charge in [0.1, 0.15) is 13.6 Å². The molecule has 0 aliphatic heterocycles. The van der Waals surface area contributed by atoms with Crippen molar-refractivity contribution in [3.63, 3.8) is 0 Å². The molecule has 4 nitrogen and oxygen atoms in total. The number of aliphatic hydroxyl groups is 2. The van der Waals surface area contributed by atoms with E-state index in [-0.39, 0.29) is 5.78 Å². The van der Waals surface area contributed by atoms with E-state index in [0.29, 0.717) is 0 Å². The van der Waals surface area contributed by atoms with Crippen molar-refractivity contribution >= 4 is 19.1 Å². The molecule has 5 heteroatoms. The Bertz CT molecular complexity index is 353. The first-order chi connectivity index (χ1) is 9.77. The van der Waals surface area contributed by atoms with E-state index in [2.05, 4.69) is 4.98 Å². The van der Waals surface area contributed by atoms with Gasteiger partial charge in [-0.2, -0.15) is 0 Å². The molecule has 0 fully saturated rings. The molecular formula is C17H32BNO3. The van der Waals surface area contributed by atoms with Crippen LogP contribution >= 0.6 is 0 Å². The van der Waals surface area contributed by atoms with Crippen molar-refractivity contribution in [1.82, 2.24) is 4.98 Å². The van der Waals surface area contributed by atoms with E-state index < -0.39 is 11.2 Å². The second-order valence-corrected chi connectivity index (χ2v) is 5.76. The maximum Gasteiger partial charge on any atom is 0.126 e. The van der Waals surface area contributed by atoms with E-state index in [1.54, 1.807) is 33.9 Å². The fourth-order valence-corrected chi connectivity index (χ4v) is 0.479. The Kier molecular flexibility index (Phi) is 14.5. The lowest BCUT2D eigenvalue weighted by Gasteiger charge is -2.31. The van der Waals surface area contributed by atoms with Crippen LogP contribution in [-0.2, 0) is 4.79 Å². The predicted octanol–water partition coefficient (Wildman–Crippen LogP) is 2.33. The number of rotatable bonds is 1. The average molecular weight is 309 g/mol. The Hall–Kier alpha value is -1.20. The maximum absolute atomic E-state index is 9.44. The Morgan fingerprint density at radius 2 is 1.36 bits per heavy atom. The number of ketones is 1. The molecule has 0 aromatic carbocycles. The Morgan fingerprint density at radius 1 is 1.05 bits per heavy atom. The first kappa shape index (κ1) is 25.7. The zero-order valence-electron chi connectivity index (χ0n) is 15.6. The summed E-state index contributed by atoms with van der Waals surface area (Å²) in [6, 6.07) is 3.72. The summed E-state index contributed by atoms with van der Waals surface area (Å²) in [6.45, 7) is 15.3. The molecule has 1 aromatic heterocycles. The van der Waals surface area contributed by atoms with Crippen LogP contribution in [0.2, 0.25) is 0 Å². The molecule has 2 N–H and O–H groups in total. The molecular weight excluding hydrogens is 277 g/mol. The number of pyridine rings is 1. The van der Waals surface area contributed by atoms with Crippen molar-refractivity contribution in [2.75, 3.05) is 0 Å². The van der Waals surface area contributed by atoms with Crippen LogP contribution in [0.25, 0.3) is 0 Å². The zero-order chi connectivity index (χ0) is 18.6. The van der Waals surface area contributed by atoms with Crippen molar-refractivity contribution in [1.29, 1.82) is 0 Å². The summed E-state index contributed by atoms with van der Waals surface area (Å²) in [5.41, 5.74) is -0.296. The molecule has 0 unspecified atom stereocenters. The number of hydrogen-bond donors (Lipinski definition) is 2. The van der Waals surface area contributed by atoms with Gasteiger partial charge in [-0.1, -0.05) is 25.4 Å². The highest BCUT2D eigenvalue weighted by Crippen LogP contribution is 2.19. The third-order valence-electron chi connectivity index (χ3n) is 2.43. The van der Waals surface area contributed by atoms with Crippen molar-refractivity contribution < 1.29 is 15.0 Å². The molecule has 1 aromatic rings. The summed E-state index contributed by atoms with van der Waals surface area (Å²) in [7, 11) is 5.36. The van der Waals surface area contributed by atoms with Gasteiger partial charge >= 0.3 is 0 Å². The van der Waals surface area contributed by atoms with Crippen molar-refractivity contribution in [2.24, 2.45) is 0 Å². The smallest absolute Gasteiger partial charge is 0.126 e. The third-order valence-corrected chi connectivity index (χ3v) is 2.43. The molecule has 126 valence electrons. The molecule has 22 heavy (non-hydrogen) atoms. The zero-order valence-corrected chi connectivity index (χ0v) is 15.6. The molecule has 2 radical (unpaired) electrons. The predicted molar refractivity (Wildman–Crippen MR) is 94.7 cm³/mol. The second-order valence-electron chi connectivity index (χ2n) is 5.76. The summed E-state index contributed by atoms with van der Waals surface area (Å²) in [6.07, 6.45) is 1.65. The summed E-state index contributed by atoms with van der Waals surface area (Å²) in [5, 5.41) is 18.2. The minimum atomic E-state index is -1.01. The van der Waals surface area contributed by atoms with Crippen LogP contribution in [0, 0.1) is 6.92 Å². The van der Waals surface area contributed by atoms with Crippen molar-refractivity contribution in [2.45, 2.75) is 73.5 Å². The molecule has 1 rings (SSSR count). The van der Waals surface area contributed by atoms with E-state index in [9.17, 15) is 4.79 Å². The number of Topliss-reactive ketones (excluding diaryl/α,β-unsaturated/α-hetero) is 1. The summed E-state index contributed by atoms with van der Waals surface area (Å²) >= 11 is 0. The fraction of sp³-hybridized carbons (Fsp3) is 0.647. The monoisotopic (exact) mass is 309 g/mol. The number of carbonyl (C=O) groups is 1. The van der Waals surface area contributed by atoms with E-state index in [1.807, 2.05) is 32.9 Å². The highest BCUT2D eigenvalue weighted by Gasteiger charge is 2.31. The number of hydrogen-bond acceptors (Lipinski definition) is 4. The van der Waals surface area contributed by atoms with Crippen LogP contribution < -0.4 is 5.46 Å². The number of nitrogens with zero attached hydrogens (tertiary/aromatic N) is 1. The SMILES string of the molecule is CC.CC(C)(O)C(C)(C)O.CC(C)=O.[B]c1ccc(C)nc1. The molecule has 0 aliphatic rings. The molecule has 1 heterocycles. The molecule has 0 aliphatic carbocycles. The van der Waals surface area contributed by atoms with Gasteiger partial charge in [-0.05, 0) is 54.5 Å². The van der Waals surface area contributed by atoms with Crippen molar-refractivity contribution in [3.05, 3.63) is 24.0 Å². The van der Waals surface area contributed by atoms with Gasteiger partial charge in [0.15, 0.2) is 0 Å². The average Bonchev–Trinajstić information content (AvgIpc) is 2.33. The molecule has 0 bridgehead atoms. The number of aromatic nitrogens is 1. The van der Waals surface area contributed by atoms with Gasteiger partial charge in [0.2, 0.25) is 0 Å². The van der Waals surface area contributed by atoms with Gasteiger partial charge in [0, 0.05) is 11.9 Å². The lowest BCUT2D eigenvalue weighted by Crippen LogP contribution is -2.44. The van der Waals surface area contributed by atoms with E-state index >= 15 is 0 Å². The minimum absolute atomic E-state index is 0.167. The Morgan fingerprint density at radius 3 is 1.50 bits per heavy atom. The van der Waals surface area contributed by atoms with Gasteiger partial charge in [-0.25, -0.2) is 0 Å². The first-order valence-electron chi connectivity index (χ1n) is 7.37. The standard InChI is InChI=1S/C6H6BN.C6H14O2.C3H6O.C2H6/c1-5-2-3-6(7)4-8-5;1-5(2,7)6(3,4)8;1-3(2)4;1-2/h2-4H,1H3;7-8H,1-4H3;1-2H3;1-2H3. The van der Waals surface area contributed by atoms with Crippen LogP contribution in [0.3, 0.4) is 0 Å². The van der Waals surface area contributed by atoms with E-state index in [4.69, 9.17) is 18.1 Å². The highest BCUT2D eigenvalue weighted by atomic mass is 16.3. The van der Waals surface area contributed by atoms with Gasteiger partial charge < -0.3 is 15.0 Å². The number of aryl methyl sites for hydroxylation is 1. The van der Waals surface area contributed by atoms with Gasteiger partial charge in [0.05, 0.1) is 11.2 Å². The number of carbonyl (C=O) groups excluding carboxylic acids is 1. The fourth-order valence-electron chi connectivity index (χ4n) is 0.479. The molecule has 0 amide bonds. The maximum atomic E-state index is 9.44. The van der Waals surface area contributed by atoms with Gasteiger partial charge in [0.25, 0.3) is 0 Å². The van der Waals surface area contributed by atoms with Gasteiger partial charge in [-0.15, -0.1) is 0 Å². The molecule has 0 saturated carbocycles. The van der Waals surface area contributed by atoms with Crippen LogP contribution in [0.4, 0.5) is 0 Å². The quantitative estimate of drug-likeness (QED) is 0.781. The van der Waals surface area contributed by atoms with Crippen molar-refractivity contribution in [3.8, 4) is 0 Å². The molecule has 0 spiro atoms. The van der Waals surface area contributed by atoms with Crippen LogP contribution in [0.15, 0.2) is 18.3 Å². The minimum Gasteiger partial charge on any atom is -0.387 e. The van der Waals surface area contributed by atoms with Crippen LogP contribution in [-0.4, -0.2) is 40.0 Å². The van der Waals surface area contributed by atoms with Crippen LogP contribution in [0.1, 0.15) is 61.1 Å². The molecule has 0 atom stereocenters. The molecule has 0 saturated heterocycles. The van der Waals surface area contributed by atoms with Gasteiger partial charge in [-0.3, -0.25) is 4.98 Å². The van der Waals surface area contributed by atoms with E-state index in [1.165, 1.54) is 13.8 Å². The lowest BCUT2D eigenvalue weighted by atomic mass is 9.90. The first-order valence-corrected chi connectivity index (χ1v) is 7.37. The lowest BCUT2D eigenvalue weighted by molar-refractivity contribution is -0.114. The largest absolute Gasteiger partial charge is 0.387 e. The summed E-state index contributed by atoms with van der Waals surface area (Å²) in [5.74, 6) is 0.167. The Balaban J connectivity index is -0.000000245.